The SMILES string of the molecule is CCN1C(=C2SC(C(=O)c3ccccc3)=C(C(=O)c3ccccc3)S2)/C(=N/C(=O)Nc2ccc(Br)cc2)Sc2ssc(=O)c21. The van der Waals surface area contributed by atoms with E-state index in [2.05, 4.69) is 26.2 Å². The van der Waals surface area contributed by atoms with Crippen molar-refractivity contribution in [2.24, 2.45) is 4.99 Å². The van der Waals surface area contributed by atoms with Crippen LogP contribution in [-0.2, 0) is 0 Å². The summed E-state index contributed by atoms with van der Waals surface area (Å²) in [5.41, 5.74) is 2.52. The molecule has 0 aliphatic carbocycles. The van der Waals surface area contributed by atoms with Crippen LogP contribution in [0.5, 0.6) is 0 Å². The highest BCUT2D eigenvalue weighted by Gasteiger charge is 2.39. The summed E-state index contributed by atoms with van der Waals surface area (Å²) in [6.45, 7) is 2.31. The standard InChI is InChI=1S/C31H20BrN3O4S5/c1-2-35-21(27(42-30-22(35)28(38)43-44-30)34-31(39)33-20-15-13-19(32)14-16-20)29-40-25(23(36)17-9-5-3-6-10-17)26(41-29)24(37)18-11-7-4-8-12-18/h3-16H,2H2,1H3,(H,33,39)/b34-27-. The quantitative estimate of drug-likeness (QED) is 0.155. The molecule has 0 saturated carbocycles. The lowest BCUT2D eigenvalue weighted by molar-refractivity contribution is 0.101. The predicted molar refractivity (Wildman–Crippen MR) is 189 cm³/mol. The first-order valence-electron chi connectivity index (χ1n) is 13.1. The minimum atomic E-state index is -0.586. The molecule has 2 amide bonds. The number of aliphatic imine (C=N–C) groups is 1. The molecule has 0 radical (unpaired) electrons. The molecule has 220 valence electrons. The number of nitrogens with zero attached hydrogens (tertiary/aromatic N) is 2. The lowest BCUT2D eigenvalue weighted by Gasteiger charge is -2.31. The summed E-state index contributed by atoms with van der Waals surface area (Å²) < 4.78 is 2.11. The highest BCUT2D eigenvalue weighted by atomic mass is 79.9. The predicted octanol–water partition coefficient (Wildman–Crippen LogP) is 9.12. The van der Waals surface area contributed by atoms with Gasteiger partial charge >= 0.3 is 6.03 Å². The molecule has 4 aromatic rings. The van der Waals surface area contributed by atoms with Gasteiger partial charge in [-0.15, -0.1) is 0 Å². The fraction of sp³-hybridized carbons (Fsp3) is 0.0645. The summed E-state index contributed by atoms with van der Waals surface area (Å²) in [6.07, 6.45) is 0. The van der Waals surface area contributed by atoms with E-state index in [1.54, 1.807) is 60.7 Å². The Balaban J connectivity index is 1.47. The van der Waals surface area contributed by atoms with E-state index in [1.165, 1.54) is 45.6 Å². The molecular formula is C31H20BrN3O4S5. The normalized spacial score (nSPS) is 15.5. The molecule has 0 bridgehead atoms. The second kappa shape index (κ2) is 13.4. The van der Waals surface area contributed by atoms with Crippen LogP contribution < -0.4 is 15.0 Å². The third-order valence-corrected chi connectivity index (χ3v) is 13.2. The van der Waals surface area contributed by atoms with Gasteiger partial charge in [0.1, 0.15) is 14.9 Å². The van der Waals surface area contributed by atoms with Crippen molar-refractivity contribution in [3.63, 3.8) is 0 Å². The average Bonchev–Trinajstić information content (AvgIpc) is 3.65. The van der Waals surface area contributed by atoms with E-state index in [0.29, 0.717) is 53.8 Å². The third kappa shape index (κ3) is 6.30. The third-order valence-electron chi connectivity index (χ3n) is 6.40. The van der Waals surface area contributed by atoms with Crippen LogP contribution in [0, 0.1) is 0 Å². The summed E-state index contributed by atoms with van der Waals surface area (Å²) in [4.78, 5) is 60.8. The molecule has 0 saturated heterocycles. The minimum Gasteiger partial charge on any atom is -0.333 e. The van der Waals surface area contributed by atoms with Gasteiger partial charge in [-0.05, 0) is 41.5 Å². The zero-order valence-corrected chi connectivity index (χ0v) is 28.4. The van der Waals surface area contributed by atoms with Gasteiger partial charge in [0, 0.05) is 27.8 Å². The fourth-order valence-corrected chi connectivity index (χ4v) is 11.1. The van der Waals surface area contributed by atoms with Crippen molar-refractivity contribution in [2.45, 2.75) is 11.1 Å². The zero-order valence-electron chi connectivity index (χ0n) is 22.7. The summed E-state index contributed by atoms with van der Waals surface area (Å²) in [5.74, 6) is -0.558. The van der Waals surface area contributed by atoms with Gasteiger partial charge in [0.25, 0.3) is 4.74 Å². The molecule has 0 spiro atoms. The number of hydrogen-bond acceptors (Lipinski definition) is 10. The first-order valence-corrected chi connectivity index (χ1v) is 18.5. The largest absolute Gasteiger partial charge is 0.346 e. The van der Waals surface area contributed by atoms with Crippen LogP contribution in [0.15, 0.2) is 123 Å². The van der Waals surface area contributed by atoms with E-state index in [9.17, 15) is 19.2 Å². The van der Waals surface area contributed by atoms with E-state index >= 15 is 0 Å². The van der Waals surface area contributed by atoms with Gasteiger partial charge in [0.05, 0.1) is 19.7 Å². The first-order chi connectivity index (χ1) is 21.3. The number of rotatable bonds is 6. The Hall–Kier alpha value is -3.20. The Labute approximate surface area is 281 Å². The van der Waals surface area contributed by atoms with Crippen LogP contribution in [0.3, 0.4) is 0 Å². The molecule has 1 N–H and O–H groups in total. The lowest BCUT2D eigenvalue weighted by atomic mass is 10.1. The van der Waals surface area contributed by atoms with E-state index in [0.717, 1.165) is 19.0 Å². The van der Waals surface area contributed by atoms with Crippen LogP contribution >= 0.6 is 71.9 Å². The molecule has 0 unspecified atom stereocenters. The molecule has 2 aliphatic rings. The highest BCUT2D eigenvalue weighted by Crippen LogP contribution is 2.56. The zero-order chi connectivity index (χ0) is 30.8. The second-order valence-corrected chi connectivity index (χ2v) is 15.8. The number of nitrogens with one attached hydrogen (secondary N) is 1. The number of urea groups is 1. The van der Waals surface area contributed by atoms with E-state index in [1.807, 2.05) is 36.1 Å². The fourth-order valence-electron chi connectivity index (χ4n) is 4.39. The minimum absolute atomic E-state index is 0.0991. The Bertz CT molecular complexity index is 1870. The van der Waals surface area contributed by atoms with Crippen molar-refractivity contribution >= 4 is 106 Å². The number of ketones is 2. The van der Waals surface area contributed by atoms with Gasteiger partial charge in [-0.1, -0.05) is 122 Å². The Morgan fingerprint density at radius 1 is 0.795 bits per heavy atom. The van der Waals surface area contributed by atoms with Gasteiger partial charge in [-0.2, -0.15) is 4.99 Å². The number of carbonyl (C=O) groups is 3. The van der Waals surface area contributed by atoms with Crippen LogP contribution in [0.25, 0.3) is 0 Å². The van der Waals surface area contributed by atoms with Crippen molar-refractivity contribution in [3.05, 3.63) is 130 Å². The number of thioether (sulfide) groups is 3. The number of halogens is 1. The average molecular weight is 739 g/mol. The molecule has 1 aromatic heterocycles. The number of benzene rings is 3. The smallest absolute Gasteiger partial charge is 0.333 e. The van der Waals surface area contributed by atoms with Crippen LogP contribution in [0.2, 0.25) is 0 Å². The van der Waals surface area contributed by atoms with Crippen molar-refractivity contribution in [2.75, 3.05) is 16.8 Å². The lowest BCUT2D eigenvalue weighted by Crippen LogP contribution is -2.33. The number of fused-ring (bicyclic) bond motifs is 1. The van der Waals surface area contributed by atoms with Crippen molar-refractivity contribution < 1.29 is 14.4 Å². The second-order valence-electron chi connectivity index (χ2n) is 9.18. The monoisotopic (exact) mass is 737 g/mol. The number of anilines is 2. The van der Waals surface area contributed by atoms with E-state index < -0.39 is 6.03 Å². The molecule has 44 heavy (non-hydrogen) atoms. The molecular weight excluding hydrogens is 719 g/mol. The van der Waals surface area contributed by atoms with Crippen LogP contribution in [0.1, 0.15) is 27.6 Å². The summed E-state index contributed by atoms with van der Waals surface area (Å²) in [6, 6.07) is 24.2. The van der Waals surface area contributed by atoms with Crippen molar-refractivity contribution in [1.82, 2.24) is 0 Å². The first kappa shape index (κ1) is 30.8. The maximum atomic E-state index is 13.8. The Kier molecular flexibility index (Phi) is 9.40. The maximum Gasteiger partial charge on any atom is 0.346 e. The van der Waals surface area contributed by atoms with Gasteiger partial charge in [0.15, 0.2) is 0 Å². The summed E-state index contributed by atoms with van der Waals surface area (Å²) in [7, 11) is 2.46. The summed E-state index contributed by atoms with van der Waals surface area (Å²) in [5, 5.41) is 3.17. The molecule has 2 aliphatic heterocycles. The number of carbonyl (C=O) groups excluding carboxylic acids is 3. The molecule has 3 aromatic carbocycles. The number of Topliss-reactive ketones (excluding diaryl/α,β-unsaturated/α-hetero) is 2. The molecule has 6 rings (SSSR count). The topological polar surface area (TPSA) is 95.9 Å². The van der Waals surface area contributed by atoms with Gasteiger partial charge in [0.2, 0.25) is 11.6 Å². The van der Waals surface area contributed by atoms with Gasteiger partial charge in [-0.3, -0.25) is 14.4 Å². The van der Waals surface area contributed by atoms with Gasteiger partial charge in [-0.25, -0.2) is 4.79 Å². The highest BCUT2D eigenvalue weighted by molar-refractivity contribution is 9.10. The van der Waals surface area contributed by atoms with E-state index in [-0.39, 0.29) is 16.3 Å². The Morgan fingerprint density at radius 2 is 1.36 bits per heavy atom. The van der Waals surface area contributed by atoms with Crippen LogP contribution in [-0.4, -0.2) is 29.2 Å². The number of amides is 2. The number of hydrogen-bond donors (Lipinski definition) is 1. The maximum absolute atomic E-state index is 13.8. The van der Waals surface area contributed by atoms with Crippen molar-refractivity contribution in [1.29, 1.82) is 0 Å². The van der Waals surface area contributed by atoms with Crippen molar-refractivity contribution in [3.8, 4) is 0 Å². The Morgan fingerprint density at radius 3 is 1.91 bits per heavy atom. The van der Waals surface area contributed by atoms with E-state index in [4.69, 9.17) is 0 Å². The van der Waals surface area contributed by atoms with Gasteiger partial charge < -0.3 is 10.2 Å². The number of allylic oxidation sites excluding steroid dienone is 2. The molecule has 7 nitrogen and oxygen atoms in total. The molecule has 3 heterocycles. The summed E-state index contributed by atoms with van der Waals surface area (Å²) >= 11 is 6.98. The van der Waals surface area contributed by atoms with Crippen LogP contribution in [0.4, 0.5) is 16.2 Å². The molecule has 13 heteroatoms. The molecule has 0 atom stereocenters. The molecule has 0 fully saturated rings.